The fraction of sp³-hybridized carbons (Fsp3) is 0.250. The first-order valence-corrected chi connectivity index (χ1v) is 6.28. The molecule has 0 saturated heterocycles. The van der Waals surface area contributed by atoms with Gasteiger partial charge < -0.3 is 5.11 Å². The monoisotopic (exact) mass is 255 g/mol. The van der Waals surface area contributed by atoms with Gasteiger partial charge in [0.15, 0.2) is 0 Å². The second-order valence-electron chi connectivity index (χ2n) is 4.78. The molecule has 98 valence electrons. The van der Waals surface area contributed by atoms with Crippen molar-refractivity contribution in [3.05, 3.63) is 65.0 Å². The van der Waals surface area contributed by atoms with Crippen molar-refractivity contribution in [3.63, 3.8) is 0 Å². The Kier molecular flexibility index (Phi) is 3.95. The van der Waals surface area contributed by atoms with E-state index in [1.807, 2.05) is 50.2 Å². The van der Waals surface area contributed by atoms with Gasteiger partial charge >= 0.3 is 5.97 Å². The van der Waals surface area contributed by atoms with Crippen LogP contribution < -0.4 is 0 Å². The molecule has 1 unspecified atom stereocenters. The minimum absolute atomic E-state index is 0.464. The summed E-state index contributed by atoms with van der Waals surface area (Å²) < 4.78 is 0. The Labute approximate surface area is 112 Å². The summed E-state index contributed by atoms with van der Waals surface area (Å²) in [5.41, 5.74) is 3.64. The molecular weight excluding hydrogens is 238 g/mol. The summed E-state index contributed by atoms with van der Waals surface area (Å²) in [6, 6.07) is 13.4. The van der Waals surface area contributed by atoms with Crippen molar-refractivity contribution < 1.29 is 9.90 Å². The predicted molar refractivity (Wildman–Crippen MR) is 74.2 cm³/mol. The number of nitrogens with zero attached hydrogens (tertiary/aromatic N) is 1. The highest BCUT2D eigenvalue weighted by Gasteiger charge is 2.21. The second kappa shape index (κ2) is 5.65. The average molecular weight is 255 g/mol. The van der Waals surface area contributed by atoms with E-state index in [4.69, 9.17) is 0 Å². The van der Waals surface area contributed by atoms with E-state index in [-0.39, 0.29) is 0 Å². The minimum atomic E-state index is -0.835. The molecule has 3 nitrogen and oxygen atoms in total. The zero-order valence-corrected chi connectivity index (χ0v) is 11.1. The van der Waals surface area contributed by atoms with Gasteiger partial charge in [-0.3, -0.25) is 9.78 Å². The van der Waals surface area contributed by atoms with Crippen LogP contribution in [0.3, 0.4) is 0 Å². The Hall–Kier alpha value is -2.16. The van der Waals surface area contributed by atoms with Crippen molar-refractivity contribution in [2.45, 2.75) is 26.2 Å². The van der Waals surface area contributed by atoms with Gasteiger partial charge in [-0.25, -0.2) is 0 Å². The zero-order valence-electron chi connectivity index (χ0n) is 11.1. The summed E-state index contributed by atoms with van der Waals surface area (Å²) in [6.07, 6.45) is 0.464. The van der Waals surface area contributed by atoms with E-state index in [9.17, 15) is 9.90 Å². The van der Waals surface area contributed by atoms with Crippen LogP contribution in [0.5, 0.6) is 0 Å². The Bertz CT molecular complexity index is 576. The first-order valence-electron chi connectivity index (χ1n) is 6.28. The third-order valence-corrected chi connectivity index (χ3v) is 3.13. The topological polar surface area (TPSA) is 50.2 Å². The number of hydrogen-bond acceptors (Lipinski definition) is 2. The summed E-state index contributed by atoms with van der Waals surface area (Å²) >= 11 is 0. The normalized spacial score (nSPS) is 12.1. The quantitative estimate of drug-likeness (QED) is 0.913. The van der Waals surface area contributed by atoms with Crippen molar-refractivity contribution >= 4 is 5.97 Å². The summed E-state index contributed by atoms with van der Waals surface area (Å²) in [4.78, 5) is 15.8. The fourth-order valence-corrected chi connectivity index (χ4v) is 2.04. The first kappa shape index (κ1) is 13.3. The summed E-state index contributed by atoms with van der Waals surface area (Å²) in [6.45, 7) is 3.88. The molecule has 0 radical (unpaired) electrons. The molecule has 1 N–H and O–H groups in total. The van der Waals surface area contributed by atoms with Crippen LogP contribution in [0.25, 0.3) is 0 Å². The highest BCUT2D eigenvalue weighted by molar-refractivity contribution is 5.75. The van der Waals surface area contributed by atoms with Crippen molar-refractivity contribution in [2.24, 2.45) is 0 Å². The maximum absolute atomic E-state index is 11.4. The van der Waals surface area contributed by atoms with Crippen molar-refractivity contribution in [3.8, 4) is 0 Å². The molecule has 19 heavy (non-hydrogen) atoms. The van der Waals surface area contributed by atoms with E-state index in [0.29, 0.717) is 12.1 Å². The molecule has 0 fully saturated rings. The Morgan fingerprint density at radius 1 is 1.16 bits per heavy atom. The zero-order chi connectivity index (χ0) is 13.8. The van der Waals surface area contributed by atoms with Gasteiger partial charge in [0.05, 0.1) is 5.69 Å². The number of pyridine rings is 1. The van der Waals surface area contributed by atoms with Gasteiger partial charge in [-0.15, -0.1) is 0 Å². The van der Waals surface area contributed by atoms with Gasteiger partial charge in [0.2, 0.25) is 0 Å². The van der Waals surface area contributed by atoms with Gasteiger partial charge in [0.1, 0.15) is 5.92 Å². The maximum Gasteiger partial charge on any atom is 0.312 e. The van der Waals surface area contributed by atoms with E-state index in [1.165, 1.54) is 5.56 Å². The van der Waals surface area contributed by atoms with E-state index in [1.54, 1.807) is 6.07 Å². The van der Waals surface area contributed by atoms with Crippen LogP contribution in [0.2, 0.25) is 0 Å². The van der Waals surface area contributed by atoms with Gasteiger partial charge in [-0.05, 0) is 38.0 Å². The number of carboxylic acid groups (broad SMARTS) is 1. The molecular formula is C16H17NO2. The van der Waals surface area contributed by atoms with Gasteiger partial charge in [0.25, 0.3) is 0 Å². The van der Waals surface area contributed by atoms with Crippen LogP contribution in [0.4, 0.5) is 0 Å². The molecule has 1 heterocycles. The molecule has 0 saturated carbocycles. The van der Waals surface area contributed by atoms with Crippen LogP contribution in [0, 0.1) is 13.8 Å². The smallest absolute Gasteiger partial charge is 0.312 e. The summed E-state index contributed by atoms with van der Waals surface area (Å²) in [5, 5.41) is 9.39. The minimum Gasteiger partial charge on any atom is -0.481 e. The Morgan fingerprint density at radius 2 is 1.84 bits per heavy atom. The molecule has 2 aromatic rings. The van der Waals surface area contributed by atoms with E-state index < -0.39 is 11.9 Å². The molecule has 1 aromatic heterocycles. The fourth-order valence-electron chi connectivity index (χ4n) is 2.04. The van der Waals surface area contributed by atoms with Crippen molar-refractivity contribution in [1.29, 1.82) is 0 Å². The van der Waals surface area contributed by atoms with Crippen LogP contribution in [0.1, 0.15) is 28.4 Å². The third-order valence-electron chi connectivity index (χ3n) is 3.13. The number of aromatic nitrogens is 1. The maximum atomic E-state index is 11.4. The molecule has 3 heteroatoms. The van der Waals surface area contributed by atoms with Crippen LogP contribution in [0.15, 0.2) is 42.5 Å². The van der Waals surface area contributed by atoms with Crippen LogP contribution in [-0.4, -0.2) is 16.1 Å². The van der Waals surface area contributed by atoms with Gasteiger partial charge in [0, 0.05) is 5.69 Å². The first-order chi connectivity index (χ1) is 9.06. The third kappa shape index (κ3) is 3.41. The van der Waals surface area contributed by atoms with Gasteiger partial charge in [-0.1, -0.05) is 35.9 Å². The number of rotatable bonds is 4. The molecule has 0 aliphatic heterocycles. The summed E-state index contributed by atoms with van der Waals surface area (Å²) in [7, 11) is 0. The number of carbonyl (C=O) groups is 1. The number of carboxylic acids is 1. The second-order valence-corrected chi connectivity index (χ2v) is 4.78. The number of aliphatic carboxylic acids is 1. The van der Waals surface area contributed by atoms with E-state index >= 15 is 0 Å². The van der Waals surface area contributed by atoms with Crippen LogP contribution in [-0.2, 0) is 11.2 Å². The number of hydrogen-bond donors (Lipinski definition) is 1. The molecule has 0 bridgehead atoms. The van der Waals surface area contributed by atoms with Crippen molar-refractivity contribution in [2.75, 3.05) is 0 Å². The van der Waals surface area contributed by atoms with E-state index in [2.05, 4.69) is 4.98 Å². The molecule has 2 rings (SSSR count). The number of benzene rings is 1. The lowest BCUT2D eigenvalue weighted by Crippen LogP contribution is -2.16. The molecule has 0 aliphatic rings. The lowest BCUT2D eigenvalue weighted by atomic mass is 9.95. The standard InChI is InChI=1S/C16H17NO2/c1-11-6-8-13(9-7-11)10-14(16(18)19)15-5-3-4-12(2)17-15/h3-9,14H,10H2,1-2H3,(H,18,19). The van der Waals surface area contributed by atoms with Crippen molar-refractivity contribution in [1.82, 2.24) is 4.98 Å². The molecule has 0 spiro atoms. The summed E-state index contributed by atoms with van der Waals surface area (Å²) in [5.74, 6) is -1.43. The highest BCUT2D eigenvalue weighted by Crippen LogP contribution is 2.20. The lowest BCUT2D eigenvalue weighted by Gasteiger charge is -2.12. The Morgan fingerprint density at radius 3 is 2.42 bits per heavy atom. The lowest BCUT2D eigenvalue weighted by molar-refractivity contribution is -0.138. The van der Waals surface area contributed by atoms with Gasteiger partial charge in [-0.2, -0.15) is 0 Å². The molecule has 1 atom stereocenters. The predicted octanol–water partition coefficient (Wildman–Crippen LogP) is 3.11. The van der Waals surface area contributed by atoms with E-state index in [0.717, 1.165) is 11.3 Å². The SMILES string of the molecule is Cc1ccc(CC(C(=O)O)c2cccc(C)n2)cc1. The molecule has 0 amide bonds. The molecule has 0 aliphatic carbocycles. The Balaban J connectivity index is 2.26. The highest BCUT2D eigenvalue weighted by atomic mass is 16.4. The average Bonchev–Trinajstić information content (AvgIpc) is 2.37. The number of aryl methyl sites for hydroxylation is 2. The van der Waals surface area contributed by atoms with Crippen LogP contribution >= 0.6 is 0 Å². The molecule has 1 aromatic carbocycles. The largest absolute Gasteiger partial charge is 0.481 e.